The molecule has 3 heterocycles. The number of nitrogens with one attached hydrogen (secondary N) is 1. The summed E-state index contributed by atoms with van der Waals surface area (Å²) in [4.78, 5) is 15.4. The van der Waals surface area contributed by atoms with Gasteiger partial charge in [-0.25, -0.2) is 0 Å². The van der Waals surface area contributed by atoms with Crippen molar-refractivity contribution in [1.29, 1.82) is 0 Å². The van der Waals surface area contributed by atoms with Crippen LogP contribution in [0.3, 0.4) is 0 Å². The SMILES string of the molecule is O=c1[nH]n(CCN2CCCCC2)cc1-c1cc(Cl)cs1. The van der Waals surface area contributed by atoms with Crippen LogP contribution < -0.4 is 5.56 Å². The summed E-state index contributed by atoms with van der Waals surface area (Å²) in [6.07, 6.45) is 5.83. The molecule has 1 saturated heterocycles. The van der Waals surface area contributed by atoms with Crippen LogP contribution >= 0.6 is 22.9 Å². The third kappa shape index (κ3) is 3.16. The Labute approximate surface area is 127 Å². The molecule has 1 aliphatic heterocycles. The summed E-state index contributed by atoms with van der Waals surface area (Å²) >= 11 is 7.42. The van der Waals surface area contributed by atoms with E-state index in [1.165, 1.54) is 43.7 Å². The number of piperidine rings is 1. The molecule has 0 bridgehead atoms. The average Bonchev–Trinajstić information content (AvgIpc) is 3.04. The summed E-state index contributed by atoms with van der Waals surface area (Å²) < 4.78 is 1.89. The minimum Gasteiger partial charge on any atom is -0.302 e. The number of hydrogen-bond donors (Lipinski definition) is 1. The van der Waals surface area contributed by atoms with Gasteiger partial charge in [-0.3, -0.25) is 14.6 Å². The highest BCUT2D eigenvalue weighted by molar-refractivity contribution is 7.14. The van der Waals surface area contributed by atoms with Crippen molar-refractivity contribution in [3.8, 4) is 10.4 Å². The standard InChI is InChI=1S/C14H18ClN3OS/c15-11-8-13(20-10-11)12-9-18(16-14(12)19)7-6-17-4-2-1-3-5-17/h8-10H,1-7H2,(H,16,19). The van der Waals surface area contributed by atoms with E-state index in [2.05, 4.69) is 10.00 Å². The molecule has 3 rings (SSSR count). The van der Waals surface area contributed by atoms with Crippen LogP contribution in [0, 0.1) is 0 Å². The fraction of sp³-hybridized carbons (Fsp3) is 0.500. The zero-order chi connectivity index (χ0) is 13.9. The zero-order valence-electron chi connectivity index (χ0n) is 11.3. The zero-order valence-corrected chi connectivity index (χ0v) is 12.8. The molecule has 20 heavy (non-hydrogen) atoms. The van der Waals surface area contributed by atoms with Gasteiger partial charge in [0.1, 0.15) is 0 Å². The number of aromatic nitrogens is 2. The second kappa shape index (κ2) is 6.16. The van der Waals surface area contributed by atoms with E-state index in [0.29, 0.717) is 10.6 Å². The van der Waals surface area contributed by atoms with Crippen molar-refractivity contribution in [2.45, 2.75) is 25.8 Å². The molecule has 2 aromatic heterocycles. The van der Waals surface area contributed by atoms with E-state index in [-0.39, 0.29) is 5.56 Å². The number of nitrogens with zero attached hydrogens (tertiary/aromatic N) is 2. The van der Waals surface area contributed by atoms with E-state index in [0.717, 1.165) is 18.0 Å². The van der Waals surface area contributed by atoms with Gasteiger partial charge in [0, 0.05) is 23.0 Å². The van der Waals surface area contributed by atoms with Gasteiger partial charge in [0.05, 0.1) is 17.1 Å². The molecule has 2 aromatic rings. The molecule has 4 nitrogen and oxygen atoms in total. The molecular weight excluding hydrogens is 294 g/mol. The number of aromatic amines is 1. The summed E-state index contributed by atoms with van der Waals surface area (Å²) in [6, 6.07) is 1.84. The third-order valence-electron chi connectivity index (χ3n) is 3.71. The number of halogens is 1. The number of thiophene rings is 1. The Kier molecular flexibility index (Phi) is 4.29. The predicted octanol–water partition coefficient (Wildman–Crippen LogP) is 3.04. The lowest BCUT2D eigenvalue weighted by Crippen LogP contribution is -2.32. The lowest BCUT2D eigenvalue weighted by Gasteiger charge is -2.26. The van der Waals surface area contributed by atoms with Crippen LogP contribution in [0.15, 0.2) is 22.4 Å². The van der Waals surface area contributed by atoms with Gasteiger partial charge < -0.3 is 4.90 Å². The van der Waals surface area contributed by atoms with Crippen molar-refractivity contribution >= 4 is 22.9 Å². The molecule has 1 N–H and O–H groups in total. The first-order valence-corrected chi connectivity index (χ1v) is 8.24. The third-order valence-corrected chi connectivity index (χ3v) is 5.02. The van der Waals surface area contributed by atoms with Gasteiger partial charge in [0.25, 0.3) is 5.56 Å². The Balaban J connectivity index is 1.67. The van der Waals surface area contributed by atoms with Crippen LogP contribution in [-0.2, 0) is 6.54 Å². The Hall–Kier alpha value is -1.04. The smallest absolute Gasteiger partial charge is 0.272 e. The molecule has 6 heteroatoms. The van der Waals surface area contributed by atoms with Gasteiger partial charge in [0.15, 0.2) is 0 Å². The molecule has 0 aromatic carbocycles. The molecule has 0 aliphatic carbocycles. The molecule has 0 spiro atoms. The topological polar surface area (TPSA) is 41.0 Å². The van der Waals surface area contributed by atoms with Gasteiger partial charge in [0.2, 0.25) is 0 Å². The maximum Gasteiger partial charge on any atom is 0.272 e. The summed E-state index contributed by atoms with van der Waals surface area (Å²) in [5, 5.41) is 5.42. The van der Waals surface area contributed by atoms with Crippen LogP contribution in [-0.4, -0.2) is 34.3 Å². The first-order chi connectivity index (χ1) is 9.72. The van der Waals surface area contributed by atoms with Crippen molar-refractivity contribution in [3.63, 3.8) is 0 Å². The first-order valence-electron chi connectivity index (χ1n) is 6.98. The lowest BCUT2D eigenvalue weighted by molar-refractivity contribution is 0.218. The second-order valence-electron chi connectivity index (χ2n) is 5.21. The van der Waals surface area contributed by atoms with Gasteiger partial charge in [-0.15, -0.1) is 11.3 Å². The normalized spacial score (nSPS) is 16.6. The van der Waals surface area contributed by atoms with Crippen molar-refractivity contribution in [2.24, 2.45) is 0 Å². The van der Waals surface area contributed by atoms with Crippen LogP contribution in [0.5, 0.6) is 0 Å². The maximum atomic E-state index is 12.0. The van der Waals surface area contributed by atoms with E-state index in [1.807, 2.05) is 22.3 Å². The van der Waals surface area contributed by atoms with E-state index < -0.39 is 0 Å². The summed E-state index contributed by atoms with van der Waals surface area (Å²) in [5.74, 6) is 0. The van der Waals surface area contributed by atoms with Gasteiger partial charge >= 0.3 is 0 Å². The highest BCUT2D eigenvalue weighted by atomic mass is 35.5. The molecule has 0 radical (unpaired) electrons. The Morgan fingerprint density at radius 1 is 1.25 bits per heavy atom. The first kappa shape index (κ1) is 13.9. The van der Waals surface area contributed by atoms with E-state index >= 15 is 0 Å². The molecule has 0 saturated carbocycles. The number of rotatable bonds is 4. The van der Waals surface area contributed by atoms with Gasteiger partial charge in [-0.05, 0) is 32.0 Å². The van der Waals surface area contributed by atoms with Crippen molar-refractivity contribution in [1.82, 2.24) is 14.7 Å². The maximum absolute atomic E-state index is 12.0. The Morgan fingerprint density at radius 3 is 2.75 bits per heavy atom. The highest BCUT2D eigenvalue weighted by Gasteiger charge is 2.12. The van der Waals surface area contributed by atoms with Gasteiger partial charge in [-0.1, -0.05) is 18.0 Å². The van der Waals surface area contributed by atoms with Crippen LogP contribution in [0.2, 0.25) is 5.02 Å². The van der Waals surface area contributed by atoms with Crippen LogP contribution in [0.4, 0.5) is 0 Å². The fourth-order valence-electron chi connectivity index (χ4n) is 2.62. The summed E-state index contributed by atoms with van der Waals surface area (Å²) in [6.45, 7) is 4.18. The van der Waals surface area contributed by atoms with Crippen molar-refractivity contribution in [2.75, 3.05) is 19.6 Å². The lowest BCUT2D eigenvalue weighted by atomic mass is 10.1. The molecule has 0 atom stereocenters. The van der Waals surface area contributed by atoms with E-state index in [9.17, 15) is 4.79 Å². The molecular formula is C14H18ClN3OS. The Morgan fingerprint density at radius 2 is 2.05 bits per heavy atom. The van der Waals surface area contributed by atoms with Crippen molar-refractivity contribution in [3.05, 3.63) is 33.0 Å². The van der Waals surface area contributed by atoms with E-state index in [4.69, 9.17) is 11.6 Å². The molecule has 1 fully saturated rings. The summed E-state index contributed by atoms with van der Waals surface area (Å²) in [7, 11) is 0. The number of likely N-dealkylation sites (tertiary alicyclic amines) is 1. The minimum absolute atomic E-state index is 0.0397. The quantitative estimate of drug-likeness (QED) is 0.943. The highest BCUT2D eigenvalue weighted by Crippen LogP contribution is 2.27. The average molecular weight is 312 g/mol. The molecule has 0 amide bonds. The monoisotopic (exact) mass is 311 g/mol. The molecule has 0 unspecified atom stereocenters. The van der Waals surface area contributed by atoms with Crippen LogP contribution in [0.25, 0.3) is 10.4 Å². The number of H-pyrrole nitrogens is 1. The van der Waals surface area contributed by atoms with Gasteiger partial charge in [-0.2, -0.15) is 0 Å². The predicted molar refractivity (Wildman–Crippen MR) is 83.7 cm³/mol. The minimum atomic E-state index is -0.0397. The number of hydrogen-bond acceptors (Lipinski definition) is 3. The molecule has 108 valence electrons. The van der Waals surface area contributed by atoms with Crippen molar-refractivity contribution < 1.29 is 0 Å². The second-order valence-corrected chi connectivity index (χ2v) is 6.56. The van der Waals surface area contributed by atoms with Crippen LogP contribution in [0.1, 0.15) is 19.3 Å². The van der Waals surface area contributed by atoms with E-state index in [1.54, 1.807) is 0 Å². The largest absolute Gasteiger partial charge is 0.302 e. The Bertz CT molecular complexity index is 624. The molecule has 1 aliphatic rings. The fourth-order valence-corrected chi connectivity index (χ4v) is 3.70. The summed E-state index contributed by atoms with van der Waals surface area (Å²) in [5.41, 5.74) is 0.669.